The molecule has 1 aliphatic heterocycles. The third kappa shape index (κ3) is 5.09. The highest BCUT2D eigenvalue weighted by molar-refractivity contribution is 7.99. The first-order chi connectivity index (χ1) is 14.4. The van der Waals surface area contributed by atoms with Gasteiger partial charge in [0.1, 0.15) is 0 Å². The number of amides is 2. The number of fused-ring (bicyclic) bond motifs is 1. The highest BCUT2D eigenvalue weighted by Crippen LogP contribution is 2.36. The van der Waals surface area contributed by atoms with Gasteiger partial charge in [-0.2, -0.15) is 0 Å². The van der Waals surface area contributed by atoms with Crippen molar-refractivity contribution in [2.75, 3.05) is 10.7 Å². The summed E-state index contributed by atoms with van der Waals surface area (Å²) < 4.78 is 0. The van der Waals surface area contributed by atoms with Crippen molar-refractivity contribution in [1.29, 1.82) is 0 Å². The Morgan fingerprint density at radius 1 is 1.10 bits per heavy atom. The summed E-state index contributed by atoms with van der Waals surface area (Å²) in [7, 11) is 0. The minimum absolute atomic E-state index is 0.0861. The molecular formula is C23H27N3O3S. The summed E-state index contributed by atoms with van der Waals surface area (Å²) in [5.74, 6) is -0.117. The van der Waals surface area contributed by atoms with Gasteiger partial charge < -0.3 is 16.4 Å². The summed E-state index contributed by atoms with van der Waals surface area (Å²) >= 11 is 1.52. The van der Waals surface area contributed by atoms with Crippen LogP contribution in [0.3, 0.4) is 0 Å². The maximum atomic E-state index is 13.0. The van der Waals surface area contributed by atoms with E-state index in [1.54, 1.807) is 29.2 Å². The number of hydrogen-bond donors (Lipinski definition) is 2. The zero-order valence-electron chi connectivity index (χ0n) is 17.1. The number of ketones is 1. The molecule has 30 heavy (non-hydrogen) atoms. The van der Waals surface area contributed by atoms with E-state index in [9.17, 15) is 14.4 Å². The van der Waals surface area contributed by atoms with Gasteiger partial charge in [0.25, 0.3) is 0 Å². The quantitative estimate of drug-likeness (QED) is 0.497. The summed E-state index contributed by atoms with van der Waals surface area (Å²) in [5.41, 5.74) is 14.0. The molecule has 0 spiro atoms. The predicted octanol–water partition coefficient (Wildman–Crippen LogP) is 3.51. The maximum Gasteiger partial charge on any atom is 0.248 e. The van der Waals surface area contributed by atoms with Crippen LogP contribution in [0.2, 0.25) is 0 Å². The smallest absolute Gasteiger partial charge is 0.248 e. The molecule has 0 aliphatic carbocycles. The fraction of sp³-hybridized carbons (Fsp3) is 0.348. The Labute approximate surface area is 181 Å². The molecule has 7 heteroatoms. The summed E-state index contributed by atoms with van der Waals surface area (Å²) in [6, 6.07) is 11.8. The van der Waals surface area contributed by atoms with Crippen LogP contribution < -0.4 is 16.4 Å². The number of carbonyl (C=O) groups excluding carboxylic acids is 3. The number of primary amides is 1. The lowest BCUT2D eigenvalue weighted by Gasteiger charge is -2.25. The van der Waals surface area contributed by atoms with Crippen LogP contribution in [0.1, 0.15) is 58.9 Å². The first kappa shape index (κ1) is 22.1. The van der Waals surface area contributed by atoms with Crippen molar-refractivity contribution in [1.82, 2.24) is 0 Å². The molecule has 0 aromatic heterocycles. The molecule has 6 nitrogen and oxygen atoms in total. The molecule has 2 aromatic rings. The number of Topliss-reactive ketones (excluding diaryl/α,β-unsaturated/α-hetero) is 1. The minimum Gasteiger partial charge on any atom is -0.366 e. The van der Waals surface area contributed by atoms with E-state index >= 15 is 0 Å². The van der Waals surface area contributed by atoms with E-state index in [1.165, 1.54) is 11.8 Å². The summed E-state index contributed by atoms with van der Waals surface area (Å²) in [5, 5.41) is 0. The fourth-order valence-corrected chi connectivity index (χ4v) is 4.38. The second kappa shape index (κ2) is 9.91. The molecule has 0 saturated heterocycles. The monoisotopic (exact) mass is 425 g/mol. The molecule has 1 aliphatic rings. The van der Waals surface area contributed by atoms with Gasteiger partial charge in [0, 0.05) is 28.2 Å². The number of benzene rings is 2. The molecule has 0 unspecified atom stereocenters. The van der Waals surface area contributed by atoms with Gasteiger partial charge in [0.2, 0.25) is 11.8 Å². The number of hydrogen-bond acceptors (Lipinski definition) is 5. The Morgan fingerprint density at radius 3 is 2.47 bits per heavy atom. The molecule has 0 bridgehead atoms. The van der Waals surface area contributed by atoms with E-state index in [1.807, 2.05) is 18.2 Å². The Balaban J connectivity index is 1.91. The van der Waals surface area contributed by atoms with E-state index in [-0.39, 0.29) is 11.7 Å². The molecule has 2 amide bonds. The molecular weight excluding hydrogens is 398 g/mol. The Hall–Kier alpha value is -2.64. The molecule has 1 heterocycles. The average Bonchev–Trinajstić information content (AvgIpc) is 2.86. The van der Waals surface area contributed by atoms with Crippen LogP contribution in [0.5, 0.6) is 0 Å². The van der Waals surface area contributed by atoms with E-state index in [0.29, 0.717) is 35.5 Å². The van der Waals surface area contributed by atoms with Gasteiger partial charge >= 0.3 is 0 Å². The first-order valence-corrected chi connectivity index (χ1v) is 11.1. The number of carbonyl (C=O) groups is 3. The fourth-order valence-electron chi connectivity index (χ4n) is 3.39. The average molecular weight is 426 g/mol. The van der Waals surface area contributed by atoms with E-state index in [4.69, 9.17) is 11.5 Å². The predicted molar refractivity (Wildman–Crippen MR) is 120 cm³/mol. The second-order valence-electron chi connectivity index (χ2n) is 7.47. The zero-order valence-corrected chi connectivity index (χ0v) is 17.9. The maximum absolute atomic E-state index is 13.0. The van der Waals surface area contributed by atoms with Gasteiger partial charge in [-0.1, -0.05) is 38.0 Å². The number of thioether (sulfide) groups is 1. The van der Waals surface area contributed by atoms with E-state index in [0.717, 1.165) is 29.7 Å². The highest BCUT2D eigenvalue weighted by Gasteiger charge is 2.29. The Morgan fingerprint density at radius 2 is 1.80 bits per heavy atom. The van der Waals surface area contributed by atoms with Crippen LogP contribution in [-0.4, -0.2) is 29.4 Å². The molecule has 0 saturated carbocycles. The molecule has 158 valence electrons. The number of nitrogens with two attached hydrogens (primary N) is 2. The minimum atomic E-state index is -0.629. The number of anilines is 1. The molecule has 0 radical (unpaired) electrons. The third-order valence-electron chi connectivity index (χ3n) is 5.16. The van der Waals surface area contributed by atoms with E-state index in [2.05, 4.69) is 6.92 Å². The topological polar surface area (TPSA) is 106 Å². The normalized spacial score (nSPS) is 16.1. The van der Waals surface area contributed by atoms with Crippen molar-refractivity contribution < 1.29 is 14.4 Å². The lowest BCUT2D eigenvalue weighted by Crippen LogP contribution is -2.44. The standard InChI is InChI=1S/C23H27N3O3S/c1-2-3-4-5-20(27)17-10-11-21-19(12-17)26(23(29)18(24)14-30-21)13-15-6-8-16(9-7-15)22(25)28/h6-12,18H,2-5,13-14,24H2,1H3,(H2,25,28)/t18-/m0/s1. The van der Waals surface area contributed by atoms with Crippen molar-refractivity contribution in [3.63, 3.8) is 0 Å². The van der Waals surface area contributed by atoms with Crippen LogP contribution >= 0.6 is 11.8 Å². The van der Waals surface area contributed by atoms with Gasteiger partial charge in [-0.15, -0.1) is 11.8 Å². The van der Waals surface area contributed by atoms with Crippen molar-refractivity contribution >= 4 is 35.0 Å². The molecule has 1 atom stereocenters. The van der Waals surface area contributed by atoms with Crippen LogP contribution in [0.4, 0.5) is 5.69 Å². The van der Waals surface area contributed by atoms with Gasteiger partial charge in [-0.3, -0.25) is 14.4 Å². The lowest BCUT2D eigenvalue weighted by atomic mass is 10.0. The Kier molecular flexibility index (Phi) is 7.29. The summed E-state index contributed by atoms with van der Waals surface area (Å²) in [6.45, 7) is 2.40. The Bertz CT molecular complexity index is 943. The number of rotatable bonds is 8. The SMILES string of the molecule is CCCCCC(=O)c1ccc2c(c1)N(Cc1ccc(C(N)=O)cc1)C(=O)[C@@H](N)CS2. The number of nitrogens with zero attached hydrogens (tertiary/aromatic N) is 1. The largest absolute Gasteiger partial charge is 0.366 e. The van der Waals surface area contributed by atoms with Crippen LogP contribution in [-0.2, 0) is 11.3 Å². The second-order valence-corrected chi connectivity index (χ2v) is 8.53. The van der Waals surface area contributed by atoms with Crippen molar-refractivity contribution in [2.45, 2.75) is 50.1 Å². The van der Waals surface area contributed by atoms with Crippen LogP contribution in [0.25, 0.3) is 0 Å². The van der Waals surface area contributed by atoms with Crippen molar-refractivity contribution in [3.8, 4) is 0 Å². The molecule has 0 fully saturated rings. The van der Waals surface area contributed by atoms with Gasteiger partial charge in [-0.05, 0) is 36.2 Å². The van der Waals surface area contributed by atoms with Crippen LogP contribution in [0.15, 0.2) is 47.4 Å². The third-order valence-corrected chi connectivity index (χ3v) is 6.34. The first-order valence-electron chi connectivity index (χ1n) is 10.2. The van der Waals surface area contributed by atoms with Crippen molar-refractivity contribution in [3.05, 3.63) is 59.2 Å². The number of unbranched alkanes of at least 4 members (excludes halogenated alkanes) is 2. The summed E-state index contributed by atoms with van der Waals surface area (Å²) in [4.78, 5) is 39.5. The van der Waals surface area contributed by atoms with Crippen molar-refractivity contribution in [2.24, 2.45) is 11.5 Å². The van der Waals surface area contributed by atoms with Gasteiger partial charge in [-0.25, -0.2) is 0 Å². The zero-order chi connectivity index (χ0) is 21.7. The van der Waals surface area contributed by atoms with Gasteiger partial charge in [0.05, 0.1) is 18.3 Å². The molecule has 2 aromatic carbocycles. The summed E-state index contributed by atoms with van der Waals surface area (Å²) in [6.07, 6.45) is 3.44. The van der Waals surface area contributed by atoms with Crippen LogP contribution in [0, 0.1) is 0 Å². The highest BCUT2D eigenvalue weighted by atomic mass is 32.2. The lowest BCUT2D eigenvalue weighted by molar-refractivity contribution is -0.119. The molecule has 3 rings (SSSR count). The van der Waals surface area contributed by atoms with Gasteiger partial charge in [0.15, 0.2) is 5.78 Å². The van der Waals surface area contributed by atoms with E-state index < -0.39 is 11.9 Å². The molecule has 4 N–H and O–H groups in total.